The Morgan fingerprint density at radius 2 is 2.38 bits per heavy atom. The van der Waals surface area contributed by atoms with Crippen molar-refractivity contribution in [3.05, 3.63) is 29.6 Å². The van der Waals surface area contributed by atoms with Crippen molar-refractivity contribution in [3.8, 4) is 0 Å². The van der Waals surface area contributed by atoms with Crippen LogP contribution in [0.15, 0.2) is 18.2 Å². The molecule has 0 bridgehead atoms. The summed E-state index contributed by atoms with van der Waals surface area (Å²) in [7, 11) is 0. The summed E-state index contributed by atoms with van der Waals surface area (Å²) >= 11 is 0. The third-order valence-corrected chi connectivity index (χ3v) is 3.01. The molecule has 4 heteroatoms. The summed E-state index contributed by atoms with van der Waals surface area (Å²) in [5, 5.41) is 9.21. The van der Waals surface area contributed by atoms with Crippen LogP contribution < -0.4 is 4.90 Å². The highest BCUT2D eigenvalue weighted by molar-refractivity contribution is 5.84. The summed E-state index contributed by atoms with van der Waals surface area (Å²) in [4.78, 5) is 12.9. The van der Waals surface area contributed by atoms with Gasteiger partial charge in [-0.1, -0.05) is 0 Å². The number of aliphatic hydroxyl groups excluding tert-OH is 1. The van der Waals surface area contributed by atoms with Crippen LogP contribution in [-0.4, -0.2) is 30.6 Å². The predicted octanol–water partition coefficient (Wildman–Crippen LogP) is 1.60. The Hall–Kier alpha value is -1.42. The lowest BCUT2D eigenvalue weighted by Crippen LogP contribution is -2.32. The molecule has 0 aromatic heterocycles. The van der Waals surface area contributed by atoms with Crippen molar-refractivity contribution < 1.29 is 14.3 Å². The molecule has 1 aliphatic rings. The molecule has 1 fully saturated rings. The number of halogens is 1. The van der Waals surface area contributed by atoms with Crippen molar-refractivity contribution in [1.82, 2.24) is 0 Å². The summed E-state index contributed by atoms with van der Waals surface area (Å²) in [6, 6.07) is 4.22. The van der Waals surface area contributed by atoms with E-state index in [0.29, 0.717) is 17.5 Å². The Balaban J connectivity index is 2.35. The monoisotopic (exact) mass is 223 g/mol. The Morgan fingerprint density at radius 1 is 1.56 bits per heavy atom. The fourth-order valence-electron chi connectivity index (χ4n) is 2.22. The molecular weight excluding hydrogens is 209 g/mol. The highest BCUT2D eigenvalue weighted by Crippen LogP contribution is 2.28. The van der Waals surface area contributed by atoms with Crippen molar-refractivity contribution in [3.63, 3.8) is 0 Å². The van der Waals surface area contributed by atoms with Crippen LogP contribution >= 0.6 is 0 Å². The third kappa shape index (κ3) is 1.93. The average Bonchev–Trinajstić information content (AvgIpc) is 2.76. The molecule has 16 heavy (non-hydrogen) atoms. The van der Waals surface area contributed by atoms with Gasteiger partial charge in [0.05, 0.1) is 12.6 Å². The van der Waals surface area contributed by atoms with Crippen LogP contribution in [0.25, 0.3) is 0 Å². The molecule has 0 aliphatic carbocycles. The Labute approximate surface area is 93.5 Å². The maximum Gasteiger partial charge on any atom is 0.152 e. The van der Waals surface area contributed by atoms with Gasteiger partial charge in [0, 0.05) is 17.8 Å². The van der Waals surface area contributed by atoms with Gasteiger partial charge in [0.2, 0.25) is 0 Å². The van der Waals surface area contributed by atoms with Crippen molar-refractivity contribution in [2.24, 2.45) is 0 Å². The van der Waals surface area contributed by atoms with E-state index >= 15 is 0 Å². The summed E-state index contributed by atoms with van der Waals surface area (Å²) in [6.45, 7) is 0.868. The number of carbonyl (C=O) groups excluding carboxylic acids is 1. The molecule has 1 aliphatic heterocycles. The number of hydrogen-bond donors (Lipinski definition) is 1. The number of benzene rings is 1. The summed E-state index contributed by atoms with van der Waals surface area (Å²) in [6.07, 6.45) is 2.55. The molecule has 0 amide bonds. The first-order valence-electron chi connectivity index (χ1n) is 5.38. The molecule has 1 atom stereocenters. The van der Waals surface area contributed by atoms with Gasteiger partial charge >= 0.3 is 0 Å². The molecule has 1 aromatic carbocycles. The van der Waals surface area contributed by atoms with E-state index in [1.807, 2.05) is 4.90 Å². The van der Waals surface area contributed by atoms with Gasteiger partial charge in [-0.15, -0.1) is 0 Å². The number of aldehydes is 1. The number of rotatable bonds is 3. The summed E-state index contributed by atoms with van der Waals surface area (Å²) < 4.78 is 13.0. The van der Waals surface area contributed by atoms with Gasteiger partial charge in [-0.3, -0.25) is 4.79 Å². The Kier molecular flexibility index (Phi) is 3.19. The van der Waals surface area contributed by atoms with E-state index in [9.17, 15) is 14.3 Å². The fraction of sp³-hybridized carbons (Fsp3) is 0.417. The van der Waals surface area contributed by atoms with Crippen LogP contribution in [0.4, 0.5) is 10.1 Å². The van der Waals surface area contributed by atoms with Crippen LogP contribution in [0.1, 0.15) is 23.2 Å². The van der Waals surface area contributed by atoms with Crippen molar-refractivity contribution >= 4 is 12.0 Å². The van der Waals surface area contributed by atoms with Gasteiger partial charge in [0.25, 0.3) is 0 Å². The molecule has 0 saturated carbocycles. The molecular formula is C12H14FNO2. The Bertz CT molecular complexity index is 395. The number of hydrogen-bond acceptors (Lipinski definition) is 3. The molecule has 1 saturated heterocycles. The lowest BCUT2D eigenvalue weighted by Gasteiger charge is -2.26. The van der Waals surface area contributed by atoms with Crippen LogP contribution in [-0.2, 0) is 0 Å². The second-order valence-electron chi connectivity index (χ2n) is 3.99. The first kappa shape index (κ1) is 11.1. The minimum absolute atomic E-state index is 0.0455. The van der Waals surface area contributed by atoms with Gasteiger partial charge in [-0.05, 0) is 31.0 Å². The molecule has 0 radical (unpaired) electrons. The molecule has 1 N–H and O–H groups in total. The zero-order valence-electron chi connectivity index (χ0n) is 8.90. The first-order chi connectivity index (χ1) is 7.76. The molecule has 3 nitrogen and oxygen atoms in total. The van der Waals surface area contributed by atoms with Crippen LogP contribution in [0, 0.1) is 5.82 Å². The van der Waals surface area contributed by atoms with Gasteiger partial charge in [-0.2, -0.15) is 0 Å². The highest BCUT2D eigenvalue weighted by Gasteiger charge is 2.25. The first-order valence-corrected chi connectivity index (χ1v) is 5.38. The van der Waals surface area contributed by atoms with E-state index in [1.54, 1.807) is 6.07 Å². The normalized spacial score (nSPS) is 20.1. The minimum atomic E-state index is -0.411. The average molecular weight is 223 g/mol. The highest BCUT2D eigenvalue weighted by atomic mass is 19.1. The fourth-order valence-corrected chi connectivity index (χ4v) is 2.22. The van der Waals surface area contributed by atoms with E-state index in [4.69, 9.17) is 0 Å². The molecule has 2 rings (SSSR count). The number of aliphatic hydroxyl groups is 1. The third-order valence-electron chi connectivity index (χ3n) is 3.01. The summed E-state index contributed by atoms with van der Waals surface area (Å²) in [5.41, 5.74) is 1.06. The maximum absolute atomic E-state index is 13.0. The zero-order chi connectivity index (χ0) is 11.5. The second kappa shape index (κ2) is 4.61. The summed E-state index contributed by atoms with van der Waals surface area (Å²) in [5.74, 6) is -0.411. The van der Waals surface area contributed by atoms with Crippen molar-refractivity contribution in [2.75, 3.05) is 18.1 Å². The van der Waals surface area contributed by atoms with E-state index < -0.39 is 5.82 Å². The van der Waals surface area contributed by atoms with Gasteiger partial charge in [-0.25, -0.2) is 4.39 Å². The molecule has 1 heterocycles. The molecule has 86 valence electrons. The molecule has 0 spiro atoms. The van der Waals surface area contributed by atoms with E-state index in [-0.39, 0.29) is 12.6 Å². The lowest BCUT2D eigenvalue weighted by molar-refractivity contribution is 0.112. The van der Waals surface area contributed by atoms with E-state index in [0.717, 1.165) is 19.4 Å². The zero-order valence-corrected chi connectivity index (χ0v) is 8.90. The van der Waals surface area contributed by atoms with Gasteiger partial charge < -0.3 is 10.0 Å². The van der Waals surface area contributed by atoms with E-state index in [2.05, 4.69) is 0 Å². The lowest BCUT2D eigenvalue weighted by atomic mass is 10.1. The van der Waals surface area contributed by atoms with Crippen molar-refractivity contribution in [2.45, 2.75) is 18.9 Å². The standard InChI is InChI=1S/C12H14FNO2/c13-10-3-4-12(9(6-10)7-15)14-5-1-2-11(14)8-16/h3-4,6-7,11,16H,1-2,5,8H2. The van der Waals surface area contributed by atoms with Gasteiger partial charge in [0.15, 0.2) is 6.29 Å². The quantitative estimate of drug-likeness (QED) is 0.791. The van der Waals surface area contributed by atoms with Gasteiger partial charge in [0.1, 0.15) is 5.82 Å². The smallest absolute Gasteiger partial charge is 0.152 e. The Morgan fingerprint density at radius 3 is 3.06 bits per heavy atom. The molecule has 1 aromatic rings. The predicted molar refractivity (Wildman–Crippen MR) is 59.2 cm³/mol. The number of nitrogens with zero attached hydrogens (tertiary/aromatic N) is 1. The van der Waals surface area contributed by atoms with E-state index in [1.165, 1.54) is 12.1 Å². The largest absolute Gasteiger partial charge is 0.394 e. The number of carbonyl (C=O) groups is 1. The second-order valence-corrected chi connectivity index (χ2v) is 3.99. The van der Waals surface area contributed by atoms with Crippen LogP contribution in [0.3, 0.4) is 0 Å². The molecule has 1 unspecified atom stereocenters. The van der Waals surface area contributed by atoms with Crippen LogP contribution in [0.5, 0.6) is 0 Å². The minimum Gasteiger partial charge on any atom is -0.394 e. The maximum atomic E-state index is 13.0. The van der Waals surface area contributed by atoms with Crippen LogP contribution in [0.2, 0.25) is 0 Å². The SMILES string of the molecule is O=Cc1cc(F)ccc1N1CCCC1CO. The number of anilines is 1. The van der Waals surface area contributed by atoms with Crippen molar-refractivity contribution in [1.29, 1.82) is 0 Å². The topological polar surface area (TPSA) is 40.5 Å².